The van der Waals surface area contributed by atoms with E-state index >= 15 is 0 Å². The second-order valence-corrected chi connectivity index (χ2v) is 8.55. The van der Waals surface area contributed by atoms with Crippen LogP contribution < -0.4 is 20.5 Å². The highest BCUT2D eigenvalue weighted by molar-refractivity contribution is 5.87. The number of likely N-dealkylation sites (tertiary alicyclic amines) is 1. The maximum Gasteiger partial charge on any atom is 0.334 e. The molecule has 2 rings (SSSR count). The number of benzene rings is 1. The van der Waals surface area contributed by atoms with Gasteiger partial charge in [0.25, 0.3) is 0 Å². The van der Waals surface area contributed by atoms with E-state index in [2.05, 4.69) is 31.3 Å². The molecule has 0 aliphatic carbocycles. The molecule has 0 unspecified atom stereocenters. The molecule has 2 amide bonds. The van der Waals surface area contributed by atoms with E-state index in [9.17, 15) is 14.4 Å². The number of nitrogens with two attached hydrogens (primary N) is 1. The van der Waals surface area contributed by atoms with Crippen LogP contribution in [0.2, 0.25) is 0 Å². The first-order valence-electron chi connectivity index (χ1n) is 11.7. The van der Waals surface area contributed by atoms with Gasteiger partial charge < -0.3 is 25.4 Å². The summed E-state index contributed by atoms with van der Waals surface area (Å²) in [5.74, 6) is 0.457. The Kier molecular flexibility index (Phi) is 10.9. The van der Waals surface area contributed by atoms with Crippen molar-refractivity contribution in [3.05, 3.63) is 35.9 Å². The van der Waals surface area contributed by atoms with E-state index in [1.54, 1.807) is 18.2 Å². The molecule has 0 aromatic heterocycles. The maximum absolute atomic E-state index is 12.6. The van der Waals surface area contributed by atoms with Gasteiger partial charge in [0.1, 0.15) is 6.04 Å². The standard InChI is InChI=1S/C25H37N3O5/c1-18(2)9-6-4-5-7-11-23(29)27-17-19-12-13-21(22(15-19)32-3)33-25(31)20-10-8-14-28(20)24(30)16-26/h6,9,12-13,15,18,20H,4-5,7-8,10-11,14,16-17,26H2,1-3H3,(H,27,29)/b9-6+/t20-/m0/s1. The minimum absolute atomic E-state index is 0.00297. The zero-order chi connectivity index (χ0) is 24.2. The van der Waals surface area contributed by atoms with E-state index in [1.165, 1.54) is 12.0 Å². The second-order valence-electron chi connectivity index (χ2n) is 8.55. The topological polar surface area (TPSA) is 111 Å². The van der Waals surface area contributed by atoms with Gasteiger partial charge in [0, 0.05) is 19.5 Å². The molecule has 1 atom stereocenters. The van der Waals surface area contributed by atoms with Gasteiger partial charge in [-0.3, -0.25) is 9.59 Å². The summed E-state index contributed by atoms with van der Waals surface area (Å²) in [4.78, 5) is 38.2. The molecule has 1 fully saturated rings. The van der Waals surface area contributed by atoms with Crippen LogP contribution in [0.3, 0.4) is 0 Å². The predicted octanol–water partition coefficient (Wildman–Crippen LogP) is 2.94. The molecule has 0 saturated carbocycles. The van der Waals surface area contributed by atoms with Gasteiger partial charge in [-0.1, -0.05) is 32.1 Å². The van der Waals surface area contributed by atoms with Gasteiger partial charge in [0.2, 0.25) is 11.8 Å². The highest BCUT2D eigenvalue weighted by Crippen LogP contribution is 2.30. The van der Waals surface area contributed by atoms with Crippen LogP contribution in [0.1, 0.15) is 57.9 Å². The molecule has 8 nitrogen and oxygen atoms in total. The number of amides is 2. The molecule has 8 heteroatoms. The minimum atomic E-state index is -0.634. The Morgan fingerprint density at radius 3 is 2.73 bits per heavy atom. The number of rotatable bonds is 12. The normalized spacial score (nSPS) is 15.8. The Bertz CT molecular complexity index is 837. The number of ether oxygens (including phenoxy) is 2. The Hall–Kier alpha value is -2.87. The first-order valence-corrected chi connectivity index (χ1v) is 11.7. The summed E-state index contributed by atoms with van der Waals surface area (Å²) in [5, 5.41) is 2.91. The third kappa shape index (κ3) is 8.53. The zero-order valence-corrected chi connectivity index (χ0v) is 20.0. The highest BCUT2D eigenvalue weighted by atomic mass is 16.6. The van der Waals surface area contributed by atoms with Gasteiger partial charge in [-0.2, -0.15) is 0 Å². The Balaban J connectivity index is 1.84. The summed E-state index contributed by atoms with van der Waals surface area (Å²) in [6.45, 7) is 5.01. The summed E-state index contributed by atoms with van der Waals surface area (Å²) in [6, 6.07) is 4.52. The van der Waals surface area contributed by atoms with Crippen LogP contribution in [0.4, 0.5) is 0 Å². The molecule has 3 N–H and O–H groups in total. The molecule has 0 radical (unpaired) electrons. The number of carbonyl (C=O) groups excluding carboxylic acids is 3. The minimum Gasteiger partial charge on any atom is -0.493 e. The lowest BCUT2D eigenvalue weighted by molar-refractivity contribution is -0.145. The van der Waals surface area contributed by atoms with Crippen LogP contribution in [0.5, 0.6) is 11.5 Å². The van der Waals surface area contributed by atoms with Crippen LogP contribution in [0.25, 0.3) is 0 Å². The van der Waals surface area contributed by atoms with Crippen molar-refractivity contribution in [2.75, 3.05) is 20.2 Å². The smallest absolute Gasteiger partial charge is 0.334 e. The van der Waals surface area contributed by atoms with Gasteiger partial charge in [-0.25, -0.2) is 4.79 Å². The number of nitrogens with zero attached hydrogens (tertiary/aromatic N) is 1. The van der Waals surface area contributed by atoms with E-state index < -0.39 is 12.0 Å². The van der Waals surface area contributed by atoms with E-state index in [0.717, 1.165) is 31.2 Å². The van der Waals surface area contributed by atoms with E-state index in [0.29, 0.717) is 37.6 Å². The fourth-order valence-corrected chi connectivity index (χ4v) is 3.72. The number of carbonyl (C=O) groups is 3. The Morgan fingerprint density at radius 1 is 1.24 bits per heavy atom. The van der Waals surface area contributed by atoms with E-state index in [1.807, 2.05) is 0 Å². The van der Waals surface area contributed by atoms with Gasteiger partial charge in [-0.05, 0) is 55.7 Å². The molecule has 182 valence electrons. The van der Waals surface area contributed by atoms with Crippen molar-refractivity contribution in [3.8, 4) is 11.5 Å². The largest absolute Gasteiger partial charge is 0.493 e. The van der Waals surface area contributed by atoms with Crippen molar-refractivity contribution < 1.29 is 23.9 Å². The highest BCUT2D eigenvalue weighted by Gasteiger charge is 2.35. The number of unbranched alkanes of at least 4 members (excludes halogenated alkanes) is 2. The van der Waals surface area contributed by atoms with Gasteiger partial charge in [0.15, 0.2) is 11.5 Å². The average Bonchev–Trinajstić information content (AvgIpc) is 3.30. The van der Waals surface area contributed by atoms with Crippen LogP contribution >= 0.6 is 0 Å². The summed E-state index contributed by atoms with van der Waals surface area (Å²) in [7, 11) is 1.49. The molecule has 0 bridgehead atoms. The Labute approximate surface area is 196 Å². The van der Waals surface area contributed by atoms with E-state index in [4.69, 9.17) is 15.2 Å². The van der Waals surface area contributed by atoms with Crippen molar-refractivity contribution in [2.45, 2.75) is 65.0 Å². The van der Waals surface area contributed by atoms with Crippen molar-refractivity contribution in [3.63, 3.8) is 0 Å². The first-order chi connectivity index (χ1) is 15.8. The molecule has 1 aliphatic heterocycles. The van der Waals surface area contributed by atoms with Crippen molar-refractivity contribution in [2.24, 2.45) is 11.7 Å². The van der Waals surface area contributed by atoms with Crippen molar-refractivity contribution in [1.29, 1.82) is 0 Å². The summed E-state index contributed by atoms with van der Waals surface area (Å²) >= 11 is 0. The fourth-order valence-electron chi connectivity index (χ4n) is 3.72. The number of hydrogen-bond donors (Lipinski definition) is 2. The molecule has 1 aromatic rings. The second kappa shape index (κ2) is 13.6. The zero-order valence-electron chi connectivity index (χ0n) is 20.0. The third-order valence-corrected chi connectivity index (χ3v) is 5.49. The van der Waals surface area contributed by atoms with Crippen molar-refractivity contribution >= 4 is 17.8 Å². The number of allylic oxidation sites excluding steroid dienone is 2. The fraction of sp³-hybridized carbons (Fsp3) is 0.560. The molecular formula is C25H37N3O5. The molecule has 0 spiro atoms. The summed E-state index contributed by atoms with van der Waals surface area (Å²) in [5.41, 5.74) is 6.27. The third-order valence-electron chi connectivity index (χ3n) is 5.49. The molecule has 1 aliphatic rings. The summed E-state index contributed by atoms with van der Waals surface area (Å²) in [6.07, 6.45) is 8.93. The number of esters is 1. The number of hydrogen-bond acceptors (Lipinski definition) is 6. The predicted molar refractivity (Wildman–Crippen MR) is 127 cm³/mol. The SMILES string of the molecule is COc1cc(CNC(=O)CCCC/C=C/C(C)C)ccc1OC(=O)[C@@H]1CCCN1C(=O)CN. The molecule has 1 heterocycles. The lowest BCUT2D eigenvalue weighted by atomic mass is 10.1. The molecule has 1 aromatic carbocycles. The van der Waals surface area contributed by atoms with Crippen molar-refractivity contribution in [1.82, 2.24) is 10.2 Å². The van der Waals surface area contributed by atoms with Crippen LogP contribution in [0.15, 0.2) is 30.4 Å². The average molecular weight is 460 g/mol. The molecule has 33 heavy (non-hydrogen) atoms. The lowest BCUT2D eigenvalue weighted by Gasteiger charge is -2.23. The molecular weight excluding hydrogens is 422 g/mol. The molecule has 1 saturated heterocycles. The first kappa shape index (κ1) is 26.4. The number of nitrogens with one attached hydrogen (secondary N) is 1. The quantitative estimate of drug-likeness (QED) is 0.215. The van der Waals surface area contributed by atoms with Gasteiger partial charge >= 0.3 is 5.97 Å². The van der Waals surface area contributed by atoms with E-state index in [-0.39, 0.29) is 24.1 Å². The van der Waals surface area contributed by atoms with Crippen LogP contribution in [-0.4, -0.2) is 48.9 Å². The van der Waals surface area contributed by atoms with Crippen LogP contribution in [0, 0.1) is 5.92 Å². The Morgan fingerprint density at radius 2 is 2.03 bits per heavy atom. The van der Waals surface area contributed by atoms with Gasteiger partial charge in [0.05, 0.1) is 13.7 Å². The van der Waals surface area contributed by atoms with Crippen LogP contribution in [-0.2, 0) is 20.9 Å². The van der Waals surface area contributed by atoms with Gasteiger partial charge in [-0.15, -0.1) is 0 Å². The summed E-state index contributed by atoms with van der Waals surface area (Å²) < 4.78 is 10.9. The monoisotopic (exact) mass is 459 g/mol. The maximum atomic E-state index is 12.6. The lowest BCUT2D eigenvalue weighted by Crippen LogP contribution is -2.45. The number of methoxy groups -OCH3 is 1.